The quantitative estimate of drug-likeness (QED) is 0.0986. The van der Waals surface area contributed by atoms with Gasteiger partial charge in [0, 0.05) is 18.6 Å². The van der Waals surface area contributed by atoms with Gasteiger partial charge in [-0.15, -0.1) is 0 Å². The van der Waals surface area contributed by atoms with Crippen LogP contribution in [0, 0.1) is 0 Å². The molecule has 3 heterocycles. The fourth-order valence-corrected chi connectivity index (χ4v) is 5.70. The summed E-state index contributed by atoms with van der Waals surface area (Å²) in [6, 6.07) is -4.30. The van der Waals surface area contributed by atoms with Gasteiger partial charge in [0.15, 0.2) is 18.9 Å². The maximum atomic E-state index is 11.1. The van der Waals surface area contributed by atoms with Crippen molar-refractivity contribution in [1.29, 1.82) is 0 Å². The Labute approximate surface area is 268 Å². The molecule has 0 aromatic rings. The fraction of sp³-hybridized carbons (Fsp3) is 1.00. The van der Waals surface area contributed by atoms with Gasteiger partial charge in [-0.05, 0) is 6.42 Å². The smallest absolute Gasteiger partial charge is 0.394 e. The largest absolute Gasteiger partial charge is 0.394 e. The number of nitrogens with two attached hydrogens (primary N) is 5. The van der Waals surface area contributed by atoms with Gasteiger partial charge in [-0.1, -0.05) is 0 Å². The molecule has 3 saturated heterocycles. The molecule has 4 rings (SSSR count). The highest BCUT2D eigenvalue weighted by Gasteiger charge is 2.54. The molecule has 0 aromatic heterocycles. The van der Waals surface area contributed by atoms with E-state index in [4.69, 9.17) is 74.6 Å². The molecular formula is C23H47N5O18S. The van der Waals surface area contributed by atoms with Crippen molar-refractivity contribution < 1.29 is 86.8 Å². The molecule has 4 aliphatic rings. The van der Waals surface area contributed by atoms with E-state index in [2.05, 4.69) is 0 Å². The van der Waals surface area contributed by atoms with Gasteiger partial charge in [-0.25, -0.2) is 0 Å². The van der Waals surface area contributed by atoms with Gasteiger partial charge in [0.2, 0.25) is 0 Å². The van der Waals surface area contributed by atoms with Gasteiger partial charge in [-0.3, -0.25) is 9.11 Å². The van der Waals surface area contributed by atoms with Crippen molar-refractivity contribution in [2.75, 3.05) is 19.8 Å². The number of hydrogen-bond acceptors (Lipinski definition) is 21. The second kappa shape index (κ2) is 16.9. The zero-order valence-electron chi connectivity index (χ0n) is 24.8. The summed E-state index contributed by atoms with van der Waals surface area (Å²) in [6.45, 7) is -1.49. The lowest BCUT2D eigenvalue weighted by Gasteiger charge is -2.47. The summed E-state index contributed by atoms with van der Waals surface area (Å²) >= 11 is 0. The van der Waals surface area contributed by atoms with E-state index < -0.39 is 140 Å². The summed E-state index contributed by atoms with van der Waals surface area (Å²) in [6.07, 6.45) is -20.5. The van der Waals surface area contributed by atoms with E-state index in [1.807, 2.05) is 0 Å². The summed E-state index contributed by atoms with van der Waals surface area (Å²) in [5.74, 6) is 0. The molecule has 0 radical (unpaired) electrons. The third-order valence-electron chi connectivity index (χ3n) is 8.32. The lowest BCUT2D eigenvalue weighted by Crippen LogP contribution is -2.68. The van der Waals surface area contributed by atoms with Crippen LogP contribution in [0.2, 0.25) is 0 Å². The van der Waals surface area contributed by atoms with Gasteiger partial charge in [-0.2, -0.15) is 8.42 Å². The average Bonchev–Trinajstić information content (AvgIpc) is 3.30. The molecule has 19 atom stereocenters. The Bertz CT molecular complexity index is 1070. The molecule has 47 heavy (non-hydrogen) atoms. The Hall–Kier alpha value is -0.890. The van der Waals surface area contributed by atoms with Crippen LogP contribution >= 0.6 is 0 Å². The van der Waals surface area contributed by atoms with E-state index in [0.717, 1.165) is 0 Å². The molecule has 1 aliphatic carbocycles. The molecule has 0 amide bonds. The van der Waals surface area contributed by atoms with E-state index in [-0.39, 0.29) is 13.0 Å². The van der Waals surface area contributed by atoms with Gasteiger partial charge in [0.25, 0.3) is 0 Å². The minimum absolute atomic E-state index is 0.0642. The van der Waals surface area contributed by atoms with Crippen molar-refractivity contribution in [3.8, 4) is 0 Å². The maximum Gasteiger partial charge on any atom is 0.394 e. The second-order valence-corrected chi connectivity index (χ2v) is 12.5. The lowest BCUT2D eigenvalue weighted by atomic mass is 9.84. The van der Waals surface area contributed by atoms with Crippen LogP contribution in [0.5, 0.6) is 0 Å². The third kappa shape index (κ3) is 9.67. The van der Waals surface area contributed by atoms with Crippen LogP contribution in [-0.2, 0) is 38.8 Å². The predicted molar refractivity (Wildman–Crippen MR) is 151 cm³/mol. The van der Waals surface area contributed by atoms with Crippen LogP contribution < -0.4 is 28.7 Å². The molecule has 0 spiro atoms. The van der Waals surface area contributed by atoms with Crippen molar-refractivity contribution in [1.82, 2.24) is 0 Å². The van der Waals surface area contributed by atoms with Crippen LogP contribution in [0.25, 0.3) is 0 Å². The first-order chi connectivity index (χ1) is 21.8. The Morgan fingerprint density at radius 2 is 1.00 bits per heavy atom. The van der Waals surface area contributed by atoms with E-state index in [1.165, 1.54) is 0 Å². The molecule has 3 aliphatic heterocycles. The zero-order valence-corrected chi connectivity index (χ0v) is 25.6. The van der Waals surface area contributed by atoms with E-state index in [0.29, 0.717) is 0 Å². The monoisotopic (exact) mass is 713 g/mol. The van der Waals surface area contributed by atoms with Crippen LogP contribution in [0.1, 0.15) is 6.42 Å². The van der Waals surface area contributed by atoms with Gasteiger partial charge >= 0.3 is 10.4 Å². The molecular weight excluding hydrogens is 666 g/mol. The number of ether oxygens (including phenoxy) is 6. The number of aliphatic hydroxyl groups is 8. The predicted octanol–water partition coefficient (Wildman–Crippen LogP) is -9.51. The van der Waals surface area contributed by atoms with Gasteiger partial charge in [0.05, 0.1) is 31.4 Å². The van der Waals surface area contributed by atoms with Crippen molar-refractivity contribution in [3.63, 3.8) is 0 Å². The van der Waals surface area contributed by atoms with Gasteiger partial charge in [0.1, 0.15) is 67.1 Å². The molecule has 1 saturated carbocycles. The topological polar surface area (TPSA) is 422 Å². The number of rotatable bonds is 9. The maximum absolute atomic E-state index is 11.1. The van der Waals surface area contributed by atoms with E-state index in [9.17, 15) is 40.9 Å². The first-order valence-corrected chi connectivity index (χ1v) is 15.9. The first-order valence-electron chi connectivity index (χ1n) is 14.5. The summed E-state index contributed by atoms with van der Waals surface area (Å²) in [5.41, 5.74) is 29.9. The minimum atomic E-state index is -4.67. The highest BCUT2D eigenvalue weighted by atomic mass is 32.3. The van der Waals surface area contributed by atoms with Crippen LogP contribution in [0.3, 0.4) is 0 Å². The van der Waals surface area contributed by atoms with E-state index in [1.54, 1.807) is 0 Å². The number of hydrogen-bond donors (Lipinski definition) is 15. The lowest BCUT2D eigenvalue weighted by molar-refractivity contribution is -0.310. The summed E-state index contributed by atoms with van der Waals surface area (Å²) in [7, 11) is -4.67. The minimum Gasteiger partial charge on any atom is -0.394 e. The van der Waals surface area contributed by atoms with Crippen molar-refractivity contribution in [3.05, 3.63) is 0 Å². The highest BCUT2D eigenvalue weighted by molar-refractivity contribution is 7.79. The summed E-state index contributed by atoms with van der Waals surface area (Å²) < 4.78 is 66.0. The Morgan fingerprint density at radius 3 is 1.49 bits per heavy atom. The third-order valence-corrected chi connectivity index (χ3v) is 8.32. The van der Waals surface area contributed by atoms with Crippen LogP contribution in [0.4, 0.5) is 0 Å². The standard InChI is InChI=1S/C23H45N5O14.H2O4S/c24-2-7-13(32)15(34)10(27)21(37-7)41-19-9(4-30)39-23(17(19)36)42-20-12(31)5(25)1-6(26)18(20)40-22-11(28)16(35)14(33)8(3-29)38-22;1-5(2,3)4/h5-23,29-36H,1-4,24-28H2;(H2,1,2,3,4)/t5?,6?,7?,8?,9-,10?,11?,12?,13?,14?,15?,16?,17?,18?,19?,20?,21?,22?,23-;/m1./s1. The zero-order chi connectivity index (χ0) is 35.5. The number of aliphatic hydroxyl groups excluding tert-OH is 8. The Kier molecular flexibility index (Phi) is 14.6. The van der Waals surface area contributed by atoms with Crippen molar-refractivity contribution in [2.45, 2.75) is 123 Å². The molecule has 0 aromatic carbocycles. The highest BCUT2D eigenvalue weighted by Crippen LogP contribution is 2.34. The molecule has 20 N–H and O–H groups in total. The van der Waals surface area contributed by atoms with Crippen molar-refractivity contribution >= 4 is 10.4 Å². The van der Waals surface area contributed by atoms with Crippen LogP contribution in [0.15, 0.2) is 0 Å². The summed E-state index contributed by atoms with van der Waals surface area (Å²) in [4.78, 5) is 0. The molecule has 17 unspecified atom stereocenters. The average molecular weight is 714 g/mol. The Balaban J connectivity index is 0.00000111. The fourth-order valence-electron chi connectivity index (χ4n) is 5.70. The van der Waals surface area contributed by atoms with Crippen molar-refractivity contribution in [2.24, 2.45) is 28.7 Å². The molecule has 278 valence electrons. The molecule has 24 heteroatoms. The Morgan fingerprint density at radius 1 is 0.574 bits per heavy atom. The van der Waals surface area contributed by atoms with Crippen LogP contribution in [-0.4, -0.2) is 194 Å². The molecule has 4 fully saturated rings. The SMILES string of the molecule is NCC1OC(OC2C(O)[C@@H](OC3C(O)C(N)CC(N)C3OC3OC(CO)C(O)C(O)C3N)O[C@@H]2CO)C(N)C(O)C1O.O=S(=O)(O)O. The molecule has 0 bridgehead atoms. The van der Waals surface area contributed by atoms with Gasteiger partial charge < -0.3 is 97.9 Å². The first kappa shape index (κ1) is 40.5. The normalized spacial score (nSPS) is 49.3. The summed E-state index contributed by atoms with van der Waals surface area (Å²) in [5, 5.41) is 82.3. The molecule has 23 nitrogen and oxygen atoms in total. The second-order valence-electron chi connectivity index (χ2n) is 11.6. The van der Waals surface area contributed by atoms with E-state index >= 15 is 0 Å².